The van der Waals surface area contributed by atoms with Crippen molar-refractivity contribution in [3.05, 3.63) is 0 Å². The molecule has 1 unspecified atom stereocenters. The predicted octanol–water partition coefficient (Wildman–Crippen LogP) is 2.02. The van der Waals surface area contributed by atoms with E-state index in [9.17, 15) is 4.79 Å². The van der Waals surface area contributed by atoms with E-state index in [1.54, 1.807) is 0 Å². The van der Waals surface area contributed by atoms with Crippen LogP contribution < -0.4 is 0 Å². The molecule has 1 atom stereocenters. The number of likely N-dealkylation sites (tertiary alicyclic amines) is 1. The fourth-order valence-corrected chi connectivity index (χ4v) is 2.00. The first-order valence-electron chi connectivity index (χ1n) is 4.65. The van der Waals surface area contributed by atoms with Gasteiger partial charge in [-0.2, -0.15) is 0 Å². The molecular weight excluding hydrogens is 174 g/mol. The molecule has 70 valence electrons. The highest BCUT2D eigenvalue weighted by atomic mass is 35.5. The van der Waals surface area contributed by atoms with Crippen molar-refractivity contribution in [1.82, 2.24) is 4.90 Å². The van der Waals surface area contributed by atoms with Gasteiger partial charge in [-0.05, 0) is 19.3 Å². The number of rotatable bonds is 3. The quantitative estimate of drug-likeness (QED) is 0.623. The van der Waals surface area contributed by atoms with Gasteiger partial charge in [-0.1, -0.05) is 6.92 Å². The Bertz CT molecular complexity index is 161. The van der Waals surface area contributed by atoms with E-state index in [4.69, 9.17) is 11.6 Å². The van der Waals surface area contributed by atoms with Crippen LogP contribution in [0.1, 0.15) is 32.6 Å². The number of amides is 1. The molecule has 0 N–H and O–H groups in total. The summed E-state index contributed by atoms with van der Waals surface area (Å²) in [6.07, 6.45) is 3.81. The van der Waals surface area contributed by atoms with Gasteiger partial charge in [-0.3, -0.25) is 4.79 Å². The third kappa shape index (κ3) is 2.13. The lowest BCUT2D eigenvalue weighted by molar-refractivity contribution is -0.131. The van der Waals surface area contributed by atoms with Gasteiger partial charge >= 0.3 is 0 Å². The molecule has 3 heteroatoms. The molecule has 0 saturated carbocycles. The second-order valence-electron chi connectivity index (χ2n) is 3.29. The molecule has 0 radical (unpaired) electrons. The first-order valence-corrected chi connectivity index (χ1v) is 5.18. The minimum absolute atomic E-state index is 0.278. The molecule has 0 spiro atoms. The van der Waals surface area contributed by atoms with Crippen LogP contribution in [0.25, 0.3) is 0 Å². The number of alkyl halides is 1. The molecule has 1 aliphatic rings. The van der Waals surface area contributed by atoms with Crippen molar-refractivity contribution in [3.8, 4) is 0 Å². The van der Waals surface area contributed by atoms with E-state index in [-0.39, 0.29) is 5.91 Å². The zero-order chi connectivity index (χ0) is 8.97. The molecule has 0 aliphatic carbocycles. The summed E-state index contributed by atoms with van der Waals surface area (Å²) in [4.78, 5) is 13.4. The Morgan fingerprint density at radius 2 is 2.42 bits per heavy atom. The minimum atomic E-state index is 0.278. The Kier molecular flexibility index (Phi) is 3.86. The van der Waals surface area contributed by atoms with Gasteiger partial charge in [0.25, 0.3) is 0 Å². The molecular formula is C9H16ClNO. The average Bonchev–Trinajstić information content (AvgIpc) is 2.51. The second-order valence-corrected chi connectivity index (χ2v) is 3.60. The first-order chi connectivity index (χ1) is 5.79. The Hall–Kier alpha value is -0.240. The van der Waals surface area contributed by atoms with E-state index in [0.717, 1.165) is 25.8 Å². The number of hydrogen-bond donors (Lipinski definition) is 0. The minimum Gasteiger partial charge on any atom is -0.339 e. The molecule has 1 saturated heterocycles. The first kappa shape index (κ1) is 9.85. The number of hydrogen-bond acceptors (Lipinski definition) is 1. The van der Waals surface area contributed by atoms with Gasteiger partial charge in [0.1, 0.15) is 0 Å². The summed E-state index contributed by atoms with van der Waals surface area (Å²) in [5.41, 5.74) is 0. The molecule has 0 aromatic carbocycles. The molecule has 1 amide bonds. The molecule has 1 fully saturated rings. The largest absolute Gasteiger partial charge is 0.339 e. The van der Waals surface area contributed by atoms with Crippen molar-refractivity contribution in [3.63, 3.8) is 0 Å². The van der Waals surface area contributed by atoms with E-state index in [0.29, 0.717) is 18.3 Å². The zero-order valence-corrected chi connectivity index (χ0v) is 8.31. The normalized spacial score (nSPS) is 23.2. The van der Waals surface area contributed by atoms with Crippen molar-refractivity contribution in [2.75, 3.05) is 12.4 Å². The van der Waals surface area contributed by atoms with Gasteiger partial charge in [-0.25, -0.2) is 0 Å². The number of nitrogens with zero attached hydrogens (tertiary/aromatic N) is 1. The maximum atomic E-state index is 11.5. The van der Waals surface area contributed by atoms with Gasteiger partial charge < -0.3 is 4.90 Å². The number of carbonyl (C=O) groups is 1. The molecule has 1 aliphatic heterocycles. The maximum Gasteiger partial charge on any atom is 0.222 e. The summed E-state index contributed by atoms with van der Waals surface area (Å²) < 4.78 is 0. The van der Waals surface area contributed by atoms with Gasteiger partial charge in [-0.15, -0.1) is 11.6 Å². The van der Waals surface area contributed by atoms with Crippen molar-refractivity contribution < 1.29 is 4.79 Å². The fraction of sp³-hybridized carbons (Fsp3) is 0.889. The van der Waals surface area contributed by atoms with Crippen molar-refractivity contribution in [2.24, 2.45) is 0 Å². The summed E-state index contributed by atoms with van der Waals surface area (Å²) in [7, 11) is 0. The lowest BCUT2D eigenvalue weighted by atomic mass is 10.2. The molecule has 0 bridgehead atoms. The van der Waals surface area contributed by atoms with Crippen LogP contribution in [0, 0.1) is 0 Å². The van der Waals surface area contributed by atoms with Crippen LogP contribution >= 0.6 is 11.6 Å². The summed E-state index contributed by atoms with van der Waals surface area (Å²) in [6, 6.07) is 0.311. The van der Waals surface area contributed by atoms with Crippen LogP contribution in [0.2, 0.25) is 0 Å². The fourth-order valence-electron chi connectivity index (χ4n) is 1.68. The van der Waals surface area contributed by atoms with E-state index < -0.39 is 0 Å². The predicted molar refractivity (Wildman–Crippen MR) is 50.4 cm³/mol. The SMILES string of the molecule is CCCC(=O)N1CCCC1CCl. The summed E-state index contributed by atoms with van der Waals surface area (Å²) in [5.74, 6) is 0.871. The average molecular weight is 190 g/mol. The molecule has 1 heterocycles. The lowest BCUT2D eigenvalue weighted by Crippen LogP contribution is -2.36. The van der Waals surface area contributed by atoms with Crippen LogP contribution in [0.3, 0.4) is 0 Å². The maximum absolute atomic E-state index is 11.5. The van der Waals surface area contributed by atoms with Crippen LogP contribution in [-0.4, -0.2) is 29.3 Å². The van der Waals surface area contributed by atoms with Crippen LogP contribution in [0.5, 0.6) is 0 Å². The monoisotopic (exact) mass is 189 g/mol. The Morgan fingerprint density at radius 1 is 1.67 bits per heavy atom. The number of carbonyl (C=O) groups excluding carboxylic acids is 1. The van der Waals surface area contributed by atoms with E-state index in [2.05, 4.69) is 0 Å². The van der Waals surface area contributed by atoms with Crippen LogP contribution in [0.15, 0.2) is 0 Å². The Balaban J connectivity index is 2.43. The van der Waals surface area contributed by atoms with Gasteiger partial charge in [0.15, 0.2) is 0 Å². The van der Waals surface area contributed by atoms with E-state index in [1.165, 1.54) is 0 Å². The Labute approximate surface area is 78.9 Å². The molecule has 0 aromatic rings. The van der Waals surface area contributed by atoms with Gasteiger partial charge in [0, 0.05) is 24.9 Å². The van der Waals surface area contributed by atoms with Crippen molar-refractivity contribution >= 4 is 17.5 Å². The third-order valence-corrected chi connectivity index (χ3v) is 2.70. The summed E-state index contributed by atoms with van der Waals surface area (Å²) in [6.45, 7) is 2.94. The zero-order valence-electron chi connectivity index (χ0n) is 7.55. The molecule has 1 rings (SSSR count). The van der Waals surface area contributed by atoms with E-state index >= 15 is 0 Å². The topological polar surface area (TPSA) is 20.3 Å². The van der Waals surface area contributed by atoms with Crippen molar-refractivity contribution in [1.29, 1.82) is 0 Å². The number of halogens is 1. The van der Waals surface area contributed by atoms with Crippen LogP contribution in [0.4, 0.5) is 0 Å². The highest BCUT2D eigenvalue weighted by molar-refractivity contribution is 6.18. The van der Waals surface area contributed by atoms with Gasteiger partial charge in [0.2, 0.25) is 5.91 Å². The van der Waals surface area contributed by atoms with Gasteiger partial charge in [0.05, 0.1) is 0 Å². The molecule has 2 nitrogen and oxygen atoms in total. The second kappa shape index (κ2) is 4.70. The van der Waals surface area contributed by atoms with Crippen molar-refractivity contribution in [2.45, 2.75) is 38.6 Å². The van der Waals surface area contributed by atoms with E-state index in [1.807, 2.05) is 11.8 Å². The van der Waals surface area contributed by atoms with Crippen LogP contribution in [-0.2, 0) is 4.79 Å². The third-order valence-electron chi connectivity index (χ3n) is 2.34. The standard InChI is InChI=1S/C9H16ClNO/c1-2-4-9(12)11-6-3-5-8(11)7-10/h8H,2-7H2,1H3. The summed E-state index contributed by atoms with van der Waals surface area (Å²) >= 11 is 5.75. The summed E-state index contributed by atoms with van der Waals surface area (Å²) in [5, 5.41) is 0. The molecule has 0 aromatic heterocycles. The lowest BCUT2D eigenvalue weighted by Gasteiger charge is -2.22. The molecule has 12 heavy (non-hydrogen) atoms. The smallest absolute Gasteiger partial charge is 0.222 e. The highest BCUT2D eigenvalue weighted by Gasteiger charge is 2.26. The highest BCUT2D eigenvalue weighted by Crippen LogP contribution is 2.19. The Morgan fingerprint density at radius 3 is 3.00 bits per heavy atom.